The quantitative estimate of drug-likeness (QED) is 0.611. The van der Waals surface area contributed by atoms with E-state index in [0.29, 0.717) is 5.92 Å². The molecule has 2 aromatic rings. The fourth-order valence-electron chi connectivity index (χ4n) is 2.13. The lowest BCUT2D eigenvalue weighted by molar-refractivity contribution is 0.416. The van der Waals surface area contributed by atoms with Crippen molar-refractivity contribution in [3.63, 3.8) is 0 Å². The number of aromatic nitrogens is 3. The number of nitrogens with zero attached hydrogens (tertiary/aromatic N) is 3. The molecule has 1 aliphatic rings. The van der Waals surface area contributed by atoms with Crippen molar-refractivity contribution in [1.29, 1.82) is 0 Å². The van der Waals surface area contributed by atoms with Crippen LogP contribution in [0.15, 0.2) is 29.4 Å². The molecule has 1 aromatic heterocycles. The lowest BCUT2D eigenvalue weighted by Gasteiger charge is -2.08. The van der Waals surface area contributed by atoms with Crippen LogP contribution in [0.4, 0.5) is 0 Å². The molecule has 0 unspecified atom stereocenters. The van der Waals surface area contributed by atoms with E-state index in [9.17, 15) is 0 Å². The zero-order valence-corrected chi connectivity index (χ0v) is 14.0. The van der Waals surface area contributed by atoms with E-state index >= 15 is 0 Å². The molecule has 1 aromatic carbocycles. The molecular formula is C14H15Cl2N3OS. The van der Waals surface area contributed by atoms with Gasteiger partial charge >= 0.3 is 0 Å². The molecule has 1 fully saturated rings. The second kappa shape index (κ2) is 5.71. The predicted octanol–water partition coefficient (Wildman–Crippen LogP) is 3.78. The highest BCUT2D eigenvalue weighted by Gasteiger charge is 2.51. The predicted molar refractivity (Wildman–Crippen MR) is 86.3 cm³/mol. The summed E-state index contributed by atoms with van der Waals surface area (Å²) in [6, 6.07) is 7.78. The summed E-state index contributed by atoms with van der Waals surface area (Å²) >= 11 is 13.7. The molecule has 3 rings (SSSR count). The van der Waals surface area contributed by atoms with Crippen molar-refractivity contribution in [3.05, 3.63) is 24.3 Å². The summed E-state index contributed by atoms with van der Waals surface area (Å²) in [6.45, 7) is 0. The summed E-state index contributed by atoms with van der Waals surface area (Å²) in [5.74, 6) is 2.75. The Bertz CT molecular complexity index is 659. The van der Waals surface area contributed by atoms with Gasteiger partial charge in [-0.1, -0.05) is 23.9 Å². The summed E-state index contributed by atoms with van der Waals surface area (Å²) in [5, 5.41) is 9.38. The third kappa shape index (κ3) is 3.00. The Hall–Kier alpha value is -0.910. The van der Waals surface area contributed by atoms with Gasteiger partial charge in [-0.05, 0) is 18.6 Å². The summed E-state index contributed by atoms with van der Waals surface area (Å²) < 4.78 is 6.80. The highest BCUT2D eigenvalue weighted by molar-refractivity contribution is 7.99. The molecule has 1 heterocycles. The maximum atomic E-state index is 6.05. The average Bonchev–Trinajstić information content (AvgIpc) is 2.92. The molecule has 1 aliphatic carbocycles. The van der Waals surface area contributed by atoms with Gasteiger partial charge in [0.25, 0.3) is 0 Å². The lowest BCUT2D eigenvalue weighted by atomic mass is 10.2. The molecule has 0 aliphatic heterocycles. The zero-order chi connectivity index (χ0) is 15.0. The van der Waals surface area contributed by atoms with Crippen LogP contribution in [0.2, 0.25) is 0 Å². The molecule has 21 heavy (non-hydrogen) atoms. The monoisotopic (exact) mass is 343 g/mol. The first-order valence-electron chi connectivity index (χ1n) is 6.56. The van der Waals surface area contributed by atoms with Gasteiger partial charge in [-0.25, -0.2) is 0 Å². The van der Waals surface area contributed by atoms with Crippen molar-refractivity contribution in [1.82, 2.24) is 14.8 Å². The van der Waals surface area contributed by atoms with E-state index in [0.717, 1.165) is 34.5 Å². The fourth-order valence-corrected chi connectivity index (χ4v) is 3.97. The smallest absolute Gasteiger partial charge is 0.191 e. The van der Waals surface area contributed by atoms with Crippen molar-refractivity contribution >= 4 is 35.0 Å². The van der Waals surface area contributed by atoms with Crippen LogP contribution in [0, 0.1) is 5.92 Å². The van der Waals surface area contributed by atoms with Gasteiger partial charge < -0.3 is 9.30 Å². The van der Waals surface area contributed by atoms with E-state index in [4.69, 9.17) is 27.9 Å². The van der Waals surface area contributed by atoms with Gasteiger partial charge in [0.05, 0.1) is 12.7 Å². The number of para-hydroxylation sites is 1. The number of hydrogen-bond donors (Lipinski definition) is 0. The van der Waals surface area contributed by atoms with E-state index in [1.165, 1.54) is 0 Å². The van der Waals surface area contributed by atoms with Crippen molar-refractivity contribution in [2.24, 2.45) is 13.0 Å². The third-order valence-corrected chi connectivity index (χ3v) is 5.66. The van der Waals surface area contributed by atoms with Gasteiger partial charge in [0, 0.05) is 18.7 Å². The number of ether oxygens (including phenoxy) is 1. The van der Waals surface area contributed by atoms with Crippen molar-refractivity contribution in [2.45, 2.75) is 15.9 Å². The van der Waals surface area contributed by atoms with Crippen molar-refractivity contribution < 1.29 is 4.74 Å². The van der Waals surface area contributed by atoms with E-state index in [-0.39, 0.29) is 0 Å². The number of halogens is 2. The Kier molecular flexibility index (Phi) is 4.08. The van der Waals surface area contributed by atoms with Crippen LogP contribution in [0.25, 0.3) is 11.4 Å². The van der Waals surface area contributed by atoms with E-state index < -0.39 is 4.33 Å². The van der Waals surface area contributed by atoms with E-state index in [1.807, 2.05) is 35.9 Å². The number of methoxy groups -OCH3 is 1. The molecule has 0 amide bonds. The SMILES string of the molecule is COc1ccccc1-c1nnc(SC[C@@H]2CC2(Cl)Cl)n1C. The van der Waals surface area contributed by atoms with Crippen LogP contribution in [-0.4, -0.2) is 32.0 Å². The second-order valence-corrected chi connectivity index (χ2v) is 7.57. The number of hydrogen-bond acceptors (Lipinski definition) is 4. The summed E-state index contributed by atoms with van der Waals surface area (Å²) in [5.41, 5.74) is 0.928. The maximum Gasteiger partial charge on any atom is 0.191 e. The summed E-state index contributed by atoms with van der Waals surface area (Å²) in [7, 11) is 3.60. The Morgan fingerprint density at radius 2 is 2.10 bits per heavy atom. The van der Waals surface area contributed by atoms with Crippen molar-refractivity contribution in [2.75, 3.05) is 12.9 Å². The van der Waals surface area contributed by atoms with E-state index in [2.05, 4.69) is 10.2 Å². The van der Waals surface area contributed by atoms with Gasteiger partial charge in [0.2, 0.25) is 0 Å². The molecule has 4 nitrogen and oxygen atoms in total. The average molecular weight is 344 g/mol. The standard InChI is InChI=1S/C14H15Cl2N3OS/c1-19-12(10-5-3-4-6-11(10)20-2)17-18-13(19)21-8-9-7-14(9,15)16/h3-6,9H,7-8H2,1-2H3/t9-/m0/s1. The molecular weight excluding hydrogens is 329 g/mol. The normalized spacial score (nSPS) is 19.5. The van der Waals surface area contributed by atoms with Gasteiger partial charge in [-0.2, -0.15) is 0 Å². The first kappa shape index (κ1) is 15.0. The van der Waals surface area contributed by atoms with E-state index in [1.54, 1.807) is 18.9 Å². The zero-order valence-electron chi connectivity index (χ0n) is 11.7. The van der Waals surface area contributed by atoms with Crippen LogP contribution in [-0.2, 0) is 7.05 Å². The third-order valence-electron chi connectivity index (χ3n) is 3.55. The number of thioether (sulfide) groups is 1. The maximum absolute atomic E-state index is 6.05. The van der Waals surface area contributed by atoms with Gasteiger partial charge in [-0.15, -0.1) is 33.4 Å². The molecule has 0 N–H and O–H groups in total. The minimum Gasteiger partial charge on any atom is -0.496 e. The number of benzene rings is 1. The fraction of sp³-hybridized carbons (Fsp3) is 0.429. The minimum atomic E-state index is -0.545. The lowest BCUT2D eigenvalue weighted by Crippen LogP contribution is -1.99. The van der Waals surface area contributed by atoms with Crippen LogP contribution in [0.3, 0.4) is 0 Å². The largest absolute Gasteiger partial charge is 0.496 e. The Balaban J connectivity index is 1.79. The number of alkyl halides is 2. The van der Waals surface area contributed by atoms with Gasteiger partial charge in [0.15, 0.2) is 11.0 Å². The summed E-state index contributed by atoms with van der Waals surface area (Å²) in [4.78, 5) is 0. The van der Waals surface area contributed by atoms with Gasteiger partial charge in [0.1, 0.15) is 10.1 Å². The van der Waals surface area contributed by atoms with Crippen LogP contribution in [0.5, 0.6) is 5.75 Å². The second-order valence-electron chi connectivity index (χ2n) is 5.04. The van der Waals surface area contributed by atoms with Crippen LogP contribution < -0.4 is 4.74 Å². The highest BCUT2D eigenvalue weighted by atomic mass is 35.5. The van der Waals surface area contributed by atoms with Gasteiger partial charge in [-0.3, -0.25) is 0 Å². The Morgan fingerprint density at radius 1 is 1.38 bits per heavy atom. The topological polar surface area (TPSA) is 39.9 Å². The summed E-state index contributed by atoms with van der Waals surface area (Å²) in [6.07, 6.45) is 0.848. The minimum absolute atomic E-state index is 0.331. The molecule has 7 heteroatoms. The molecule has 112 valence electrons. The molecule has 0 radical (unpaired) electrons. The molecule has 0 saturated heterocycles. The molecule has 0 spiro atoms. The number of rotatable bonds is 5. The first-order chi connectivity index (χ1) is 10.0. The Morgan fingerprint density at radius 3 is 2.76 bits per heavy atom. The van der Waals surface area contributed by atoms with Crippen LogP contribution in [0.1, 0.15) is 6.42 Å². The first-order valence-corrected chi connectivity index (χ1v) is 8.30. The molecule has 1 atom stereocenters. The Labute approximate surface area is 137 Å². The van der Waals surface area contributed by atoms with Crippen molar-refractivity contribution in [3.8, 4) is 17.1 Å². The molecule has 0 bridgehead atoms. The van der Waals surface area contributed by atoms with Crippen LogP contribution >= 0.6 is 35.0 Å². The highest BCUT2D eigenvalue weighted by Crippen LogP contribution is 2.54. The molecule has 1 saturated carbocycles.